The molecule has 9 nitrogen and oxygen atoms in total. The smallest absolute Gasteiger partial charge is 0.336 e. The van der Waals surface area contributed by atoms with E-state index < -0.39 is 17.8 Å². The Bertz CT molecular complexity index is 1200. The molecule has 1 aliphatic rings. The number of benzene rings is 2. The predicted octanol–water partition coefficient (Wildman–Crippen LogP) is 4.86. The van der Waals surface area contributed by atoms with Gasteiger partial charge in [0.1, 0.15) is 17.1 Å². The summed E-state index contributed by atoms with van der Waals surface area (Å²) in [5.74, 6) is -0.667. The summed E-state index contributed by atoms with van der Waals surface area (Å²) in [6.07, 6.45) is 2.08. The van der Waals surface area contributed by atoms with Crippen LogP contribution in [0, 0.1) is 0 Å². The quantitative estimate of drug-likeness (QED) is 0.370. The van der Waals surface area contributed by atoms with Gasteiger partial charge in [-0.25, -0.2) is 9.69 Å². The number of carbonyl (C=O) groups excluding carboxylic acids is 3. The number of halogens is 2. The molecule has 1 fully saturated rings. The van der Waals surface area contributed by atoms with Crippen LogP contribution in [0.25, 0.3) is 6.08 Å². The molecule has 35 heavy (non-hydrogen) atoms. The maximum absolute atomic E-state index is 13.4. The number of methoxy groups -OCH3 is 2. The highest BCUT2D eigenvalue weighted by Gasteiger charge is 2.38. The standard InChI is InChI=1S/C24H24Cl2N2O7/c1-5-7-35-21-16(26)9-13(10-20(21)34-6-2)8-14-22(29)27-24(31)28(23(14)30)17-12-18(32-3)15(25)11-19(17)33-4/h8-12H,5-7H2,1-4H3,(H,27,29,31)/b14-8+. The van der Waals surface area contributed by atoms with Gasteiger partial charge < -0.3 is 18.9 Å². The highest BCUT2D eigenvalue weighted by atomic mass is 35.5. The van der Waals surface area contributed by atoms with Gasteiger partial charge in [0.05, 0.1) is 43.2 Å². The van der Waals surface area contributed by atoms with Crippen LogP contribution < -0.4 is 29.2 Å². The fraction of sp³-hybridized carbons (Fsp3) is 0.292. The molecule has 0 saturated carbocycles. The zero-order chi connectivity index (χ0) is 25.7. The summed E-state index contributed by atoms with van der Waals surface area (Å²) in [5.41, 5.74) is 0.142. The molecule has 0 radical (unpaired) electrons. The largest absolute Gasteiger partial charge is 0.495 e. The number of hydrogen-bond donors (Lipinski definition) is 1. The van der Waals surface area contributed by atoms with Crippen LogP contribution in [0.3, 0.4) is 0 Å². The lowest BCUT2D eigenvalue weighted by atomic mass is 10.1. The predicted molar refractivity (Wildman–Crippen MR) is 132 cm³/mol. The number of rotatable bonds is 9. The van der Waals surface area contributed by atoms with Crippen LogP contribution in [0.5, 0.6) is 23.0 Å². The number of anilines is 1. The average molecular weight is 523 g/mol. The van der Waals surface area contributed by atoms with Gasteiger partial charge in [-0.05, 0) is 37.1 Å². The van der Waals surface area contributed by atoms with Crippen LogP contribution >= 0.6 is 23.2 Å². The van der Waals surface area contributed by atoms with Gasteiger partial charge in [0.2, 0.25) is 0 Å². The minimum absolute atomic E-state index is 0.0472. The third kappa shape index (κ3) is 5.47. The van der Waals surface area contributed by atoms with Gasteiger partial charge >= 0.3 is 6.03 Å². The Morgan fingerprint density at radius 3 is 2.26 bits per heavy atom. The molecule has 4 amide bonds. The van der Waals surface area contributed by atoms with Gasteiger partial charge in [-0.1, -0.05) is 30.1 Å². The topological polar surface area (TPSA) is 103 Å². The molecule has 1 saturated heterocycles. The second-order valence-electron chi connectivity index (χ2n) is 7.23. The molecule has 2 aromatic carbocycles. The van der Waals surface area contributed by atoms with Gasteiger partial charge in [-0.2, -0.15) is 0 Å². The van der Waals surface area contributed by atoms with E-state index in [1.54, 1.807) is 13.0 Å². The molecule has 0 aliphatic carbocycles. The number of nitrogens with one attached hydrogen (secondary N) is 1. The third-order valence-electron chi connectivity index (χ3n) is 4.89. The van der Waals surface area contributed by atoms with E-state index in [2.05, 4.69) is 5.32 Å². The Morgan fingerprint density at radius 1 is 0.914 bits per heavy atom. The monoisotopic (exact) mass is 522 g/mol. The molecule has 0 atom stereocenters. The second kappa shape index (κ2) is 11.3. The first-order valence-electron chi connectivity index (χ1n) is 10.7. The summed E-state index contributed by atoms with van der Waals surface area (Å²) >= 11 is 12.5. The van der Waals surface area contributed by atoms with E-state index in [0.717, 1.165) is 11.3 Å². The summed E-state index contributed by atoms with van der Waals surface area (Å²) < 4.78 is 21.8. The van der Waals surface area contributed by atoms with Crippen molar-refractivity contribution in [1.82, 2.24) is 5.32 Å². The number of barbiturate groups is 1. The first-order valence-corrected chi connectivity index (χ1v) is 11.4. The molecule has 0 bridgehead atoms. The molecule has 1 N–H and O–H groups in total. The first-order chi connectivity index (χ1) is 16.7. The summed E-state index contributed by atoms with van der Waals surface area (Å²) in [6, 6.07) is 4.96. The Labute approximate surface area is 212 Å². The van der Waals surface area contributed by atoms with Crippen molar-refractivity contribution in [3.63, 3.8) is 0 Å². The van der Waals surface area contributed by atoms with Gasteiger partial charge in [-0.3, -0.25) is 14.9 Å². The van der Waals surface area contributed by atoms with Crippen LogP contribution in [0.2, 0.25) is 10.0 Å². The molecule has 1 heterocycles. The van der Waals surface area contributed by atoms with Crippen molar-refractivity contribution in [1.29, 1.82) is 0 Å². The van der Waals surface area contributed by atoms with Crippen molar-refractivity contribution in [2.75, 3.05) is 32.3 Å². The Balaban J connectivity index is 2.08. The maximum atomic E-state index is 13.4. The zero-order valence-electron chi connectivity index (χ0n) is 19.6. The molecule has 2 aromatic rings. The van der Waals surface area contributed by atoms with Crippen LogP contribution in [-0.2, 0) is 9.59 Å². The zero-order valence-corrected chi connectivity index (χ0v) is 21.1. The SMILES string of the molecule is CCCOc1c(Cl)cc(/C=C2\C(=O)NC(=O)N(c3cc(OC)c(Cl)cc3OC)C2=O)cc1OCC. The Kier molecular flexibility index (Phi) is 8.48. The lowest BCUT2D eigenvalue weighted by Gasteiger charge is -2.28. The number of ether oxygens (including phenoxy) is 4. The van der Waals surface area contributed by atoms with Crippen LogP contribution in [0.15, 0.2) is 29.8 Å². The number of nitrogens with zero attached hydrogens (tertiary/aromatic N) is 1. The van der Waals surface area contributed by atoms with Crippen molar-refractivity contribution in [2.24, 2.45) is 0 Å². The molecule has 3 rings (SSSR count). The summed E-state index contributed by atoms with van der Waals surface area (Å²) in [5, 5.41) is 2.63. The molecular formula is C24H24Cl2N2O7. The van der Waals surface area contributed by atoms with E-state index in [9.17, 15) is 14.4 Å². The minimum atomic E-state index is -0.948. The van der Waals surface area contributed by atoms with Crippen LogP contribution in [0.4, 0.5) is 10.5 Å². The second-order valence-corrected chi connectivity index (χ2v) is 8.04. The average Bonchev–Trinajstić information content (AvgIpc) is 2.82. The maximum Gasteiger partial charge on any atom is 0.336 e. The van der Waals surface area contributed by atoms with E-state index in [1.165, 1.54) is 38.5 Å². The number of hydrogen-bond acceptors (Lipinski definition) is 7. The number of amides is 4. The lowest BCUT2D eigenvalue weighted by molar-refractivity contribution is -0.122. The number of carbonyl (C=O) groups is 3. The van der Waals surface area contributed by atoms with E-state index in [1.807, 2.05) is 6.92 Å². The van der Waals surface area contributed by atoms with Gasteiger partial charge in [0.15, 0.2) is 11.5 Å². The molecule has 0 spiro atoms. The molecule has 186 valence electrons. The highest BCUT2D eigenvalue weighted by molar-refractivity contribution is 6.40. The summed E-state index contributed by atoms with van der Waals surface area (Å²) in [7, 11) is 2.74. The van der Waals surface area contributed by atoms with Gasteiger partial charge in [0, 0.05) is 12.1 Å². The Morgan fingerprint density at radius 2 is 1.63 bits per heavy atom. The third-order valence-corrected chi connectivity index (χ3v) is 5.47. The Hall–Kier alpha value is -3.43. The first kappa shape index (κ1) is 26.2. The van der Waals surface area contributed by atoms with E-state index in [4.69, 9.17) is 42.1 Å². The van der Waals surface area contributed by atoms with Crippen LogP contribution in [0.1, 0.15) is 25.8 Å². The van der Waals surface area contributed by atoms with Crippen LogP contribution in [-0.4, -0.2) is 45.3 Å². The molecule has 0 aromatic heterocycles. The molecule has 1 aliphatic heterocycles. The van der Waals surface area contributed by atoms with E-state index in [-0.39, 0.29) is 32.8 Å². The minimum Gasteiger partial charge on any atom is -0.495 e. The lowest BCUT2D eigenvalue weighted by Crippen LogP contribution is -2.54. The molecule has 11 heteroatoms. The van der Waals surface area contributed by atoms with Crippen molar-refractivity contribution in [3.05, 3.63) is 45.4 Å². The van der Waals surface area contributed by atoms with E-state index in [0.29, 0.717) is 30.3 Å². The number of imide groups is 2. The fourth-order valence-corrected chi connectivity index (χ4v) is 3.84. The van der Waals surface area contributed by atoms with Crippen molar-refractivity contribution >= 4 is 52.8 Å². The molecular weight excluding hydrogens is 499 g/mol. The van der Waals surface area contributed by atoms with Crippen molar-refractivity contribution in [3.8, 4) is 23.0 Å². The normalized spacial score (nSPS) is 14.7. The highest BCUT2D eigenvalue weighted by Crippen LogP contribution is 2.40. The van der Waals surface area contributed by atoms with Crippen molar-refractivity contribution < 1.29 is 33.3 Å². The molecule has 0 unspecified atom stereocenters. The van der Waals surface area contributed by atoms with E-state index >= 15 is 0 Å². The van der Waals surface area contributed by atoms with Crippen molar-refractivity contribution in [2.45, 2.75) is 20.3 Å². The summed E-state index contributed by atoms with van der Waals surface area (Å²) in [6.45, 7) is 4.54. The van der Waals surface area contributed by atoms with Gasteiger partial charge in [-0.15, -0.1) is 0 Å². The van der Waals surface area contributed by atoms with Gasteiger partial charge in [0.25, 0.3) is 11.8 Å². The summed E-state index contributed by atoms with van der Waals surface area (Å²) in [4.78, 5) is 39.4. The fourth-order valence-electron chi connectivity index (χ4n) is 3.34. The number of urea groups is 1.